The maximum absolute atomic E-state index is 13.2. The summed E-state index contributed by atoms with van der Waals surface area (Å²) in [6, 6.07) is 9.22. The Hall–Kier alpha value is -3.22. The van der Waals surface area contributed by atoms with Crippen molar-refractivity contribution in [3.8, 4) is 0 Å². The van der Waals surface area contributed by atoms with Crippen LogP contribution in [0.5, 0.6) is 0 Å². The molecule has 122 valence electrons. The van der Waals surface area contributed by atoms with Gasteiger partial charge in [0.15, 0.2) is 0 Å². The molecule has 0 spiro atoms. The number of pyridine rings is 1. The molecule has 3 aromatic rings. The summed E-state index contributed by atoms with van der Waals surface area (Å²) in [4.78, 5) is 27.7. The van der Waals surface area contributed by atoms with Crippen molar-refractivity contribution in [2.24, 2.45) is 0 Å². The fraction of sp³-hybridized carbons (Fsp3) is 0.118. The van der Waals surface area contributed by atoms with Crippen molar-refractivity contribution in [1.29, 1.82) is 0 Å². The summed E-state index contributed by atoms with van der Waals surface area (Å²) in [6.45, 7) is 0. The average Bonchev–Trinajstić information content (AvgIpc) is 2.95. The number of ether oxygens (including phenoxy) is 1. The van der Waals surface area contributed by atoms with Crippen LogP contribution in [0.25, 0.3) is 5.65 Å². The number of anilines is 1. The van der Waals surface area contributed by atoms with E-state index >= 15 is 0 Å². The average molecular weight is 327 g/mol. The molecule has 0 unspecified atom stereocenters. The highest BCUT2D eigenvalue weighted by molar-refractivity contribution is 5.93. The highest BCUT2D eigenvalue weighted by Crippen LogP contribution is 2.12. The van der Waals surface area contributed by atoms with Gasteiger partial charge >= 0.3 is 5.97 Å². The maximum Gasteiger partial charge on any atom is 0.337 e. The summed E-state index contributed by atoms with van der Waals surface area (Å²) in [5.41, 5.74) is 2.06. The number of carbonyl (C=O) groups is 2. The van der Waals surface area contributed by atoms with Crippen LogP contribution in [-0.2, 0) is 16.0 Å². The highest BCUT2D eigenvalue weighted by Gasteiger charge is 2.10. The lowest BCUT2D eigenvalue weighted by atomic mass is 10.2. The first-order valence-corrected chi connectivity index (χ1v) is 7.16. The van der Waals surface area contributed by atoms with E-state index in [0.29, 0.717) is 22.6 Å². The Bertz CT molecular complexity index is 903. The number of methoxy groups -OCH3 is 1. The molecule has 0 atom stereocenters. The molecule has 0 saturated carbocycles. The van der Waals surface area contributed by atoms with Gasteiger partial charge < -0.3 is 14.5 Å². The Kier molecular flexibility index (Phi) is 4.24. The van der Waals surface area contributed by atoms with Gasteiger partial charge in [-0.2, -0.15) is 0 Å². The van der Waals surface area contributed by atoms with Crippen LogP contribution in [0.4, 0.5) is 10.1 Å². The molecule has 3 rings (SSSR count). The molecule has 2 aromatic heterocycles. The normalized spacial score (nSPS) is 10.6. The topological polar surface area (TPSA) is 72.7 Å². The molecule has 0 radical (unpaired) electrons. The van der Waals surface area contributed by atoms with Crippen molar-refractivity contribution in [3.05, 3.63) is 65.9 Å². The first-order chi connectivity index (χ1) is 11.5. The van der Waals surface area contributed by atoms with Gasteiger partial charge in [-0.15, -0.1) is 0 Å². The van der Waals surface area contributed by atoms with Crippen molar-refractivity contribution in [2.45, 2.75) is 6.42 Å². The lowest BCUT2D eigenvalue weighted by molar-refractivity contribution is -0.115. The summed E-state index contributed by atoms with van der Waals surface area (Å²) in [6.07, 6.45) is 2.97. The second-order valence-electron chi connectivity index (χ2n) is 5.14. The van der Waals surface area contributed by atoms with E-state index in [9.17, 15) is 14.0 Å². The minimum atomic E-state index is -0.440. The van der Waals surface area contributed by atoms with Gasteiger partial charge in [-0.25, -0.2) is 14.2 Å². The summed E-state index contributed by atoms with van der Waals surface area (Å²) >= 11 is 0. The molecule has 0 aliphatic rings. The van der Waals surface area contributed by atoms with Crippen molar-refractivity contribution < 1.29 is 18.7 Å². The molecular formula is C17H14FN3O3. The highest BCUT2D eigenvalue weighted by atomic mass is 19.1. The lowest BCUT2D eigenvalue weighted by Gasteiger charge is -2.05. The molecule has 2 heterocycles. The summed E-state index contributed by atoms with van der Waals surface area (Å²) < 4.78 is 19.3. The number of carbonyl (C=O) groups excluding carboxylic acids is 2. The van der Waals surface area contributed by atoms with E-state index < -0.39 is 5.97 Å². The number of hydrogen-bond donors (Lipinski definition) is 1. The molecule has 1 N–H and O–H groups in total. The minimum absolute atomic E-state index is 0.0576. The number of aromatic nitrogens is 2. The number of fused-ring (bicyclic) bond motifs is 1. The molecular weight excluding hydrogens is 313 g/mol. The Balaban J connectivity index is 1.67. The molecule has 24 heavy (non-hydrogen) atoms. The number of esters is 1. The second kappa shape index (κ2) is 6.49. The molecule has 0 aliphatic carbocycles. The summed E-state index contributed by atoms with van der Waals surface area (Å²) in [5, 5.41) is 2.72. The molecule has 1 amide bonds. The van der Waals surface area contributed by atoms with E-state index in [-0.39, 0.29) is 18.1 Å². The molecule has 6 nitrogen and oxygen atoms in total. The third-order valence-corrected chi connectivity index (χ3v) is 3.40. The smallest absolute Gasteiger partial charge is 0.337 e. The summed E-state index contributed by atoms with van der Waals surface area (Å²) in [7, 11) is 1.30. The first kappa shape index (κ1) is 15.7. The number of nitrogens with one attached hydrogen (secondary N) is 1. The number of imidazole rings is 1. The fourth-order valence-corrected chi connectivity index (χ4v) is 2.28. The van der Waals surface area contributed by atoms with E-state index in [0.717, 1.165) is 0 Å². The quantitative estimate of drug-likeness (QED) is 0.747. The predicted molar refractivity (Wildman–Crippen MR) is 85.3 cm³/mol. The molecule has 1 aromatic carbocycles. The van der Waals surface area contributed by atoms with Crippen LogP contribution in [-0.4, -0.2) is 28.4 Å². The fourth-order valence-electron chi connectivity index (χ4n) is 2.28. The molecule has 0 bridgehead atoms. The van der Waals surface area contributed by atoms with Gasteiger partial charge in [0.2, 0.25) is 5.91 Å². The van der Waals surface area contributed by atoms with Gasteiger partial charge in [-0.1, -0.05) is 0 Å². The van der Waals surface area contributed by atoms with Gasteiger partial charge in [-0.3, -0.25) is 4.79 Å². The van der Waals surface area contributed by atoms with E-state index in [1.165, 1.54) is 23.8 Å². The number of amides is 1. The monoisotopic (exact) mass is 327 g/mol. The van der Waals surface area contributed by atoms with Gasteiger partial charge in [0, 0.05) is 18.1 Å². The van der Waals surface area contributed by atoms with E-state index in [1.807, 2.05) is 0 Å². The number of nitrogens with zero attached hydrogens (tertiary/aromatic N) is 2. The number of rotatable bonds is 4. The van der Waals surface area contributed by atoms with Gasteiger partial charge in [0.25, 0.3) is 0 Å². The largest absolute Gasteiger partial charge is 0.465 e. The van der Waals surface area contributed by atoms with Gasteiger partial charge in [-0.05, 0) is 36.4 Å². The zero-order valence-electron chi connectivity index (χ0n) is 12.8. The third kappa shape index (κ3) is 3.40. The second-order valence-corrected chi connectivity index (χ2v) is 5.14. The SMILES string of the molecule is COC(=O)c1ccc(NC(=O)Cc2cn3cc(F)ccc3n2)cc1. The zero-order chi connectivity index (χ0) is 17.1. The first-order valence-electron chi connectivity index (χ1n) is 7.16. The van der Waals surface area contributed by atoms with Crippen LogP contribution in [0.15, 0.2) is 48.8 Å². The Morgan fingerprint density at radius 1 is 1.17 bits per heavy atom. The number of halogens is 1. The Morgan fingerprint density at radius 3 is 2.62 bits per heavy atom. The van der Waals surface area contributed by atoms with Crippen LogP contribution in [0.1, 0.15) is 16.1 Å². The van der Waals surface area contributed by atoms with Crippen LogP contribution < -0.4 is 5.32 Å². The molecule has 7 heteroatoms. The lowest BCUT2D eigenvalue weighted by Crippen LogP contribution is -2.14. The zero-order valence-corrected chi connectivity index (χ0v) is 12.8. The van der Waals surface area contributed by atoms with Crippen molar-refractivity contribution in [1.82, 2.24) is 9.38 Å². The number of hydrogen-bond acceptors (Lipinski definition) is 4. The van der Waals surface area contributed by atoms with E-state index in [2.05, 4.69) is 15.0 Å². The van der Waals surface area contributed by atoms with Gasteiger partial charge in [0.05, 0.1) is 24.8 Å². The van der Waals surface area contributed by atoms with Crippen molar-refractivity contribution >= 4 is 23.2 Å². The number of benzene rings is 1. The van der Waals surface area contributed by atoms with Crippen molar-refractivity contribution in [3.63, 3.8) is 0 Å². The predicted octanol–water partition coefficient (Wildman–Crippen LogP) is 2.44. The van der Waals surface area contributed by atoms with Crippen LogP contribution in [0.3, 0.4) is 0 Å². The Labute approximate surface area is 136 Å². The van der Waals surface area contributed by atoms with Gasteiger partial charge in [0.1, 0.15) is 11.5 Å². The standard InChI is InChI=1S/C17H14FN3O3/c1-24-17(23)11-2-5-13(6-3-11)20-16(22)8-14-10-21-9-12(18)4-7-15(21)19-14/h2-7,9-10H,8H2,1H3,(H,20,22). The molecule has 0 fully saturated rings. The minimum Gasteiger partial charge on any atom is -0.465 e. The van der Waals surface area contributed by atoms with E-state index in [1.54, 1.807) is 36.5 Å². The maximum atomic E-state index is 13.2. The van der Waals surface area contributed by atoms with Crippen LogP contribution in [0, 0.1) is 5.82 Å². The van der Waals surface area contributed by atoms with Crippen LogP contribution in [0.2, 0.25) is 0 Å². The van der Waals surface area contributed by atoms with Crippen LogP contribution >= 0.6 is 0 Å². The van der Waals surface area contributed by atoms with Crippen molar-refractivity contribution in [2.75, 3.05) is 12.4 Å². The summed E-state index contributed by atoms with van der Waals surface area (Å²) in [5.74, 6) is -1.07. The third-order valence-electron chi connectivity index (χ3n) is 3.40. The Morgan fingerprint density at radius 2 is 1.92 bits per heavy atom. The molecule has 0 aliphatic heterocycles. The molecule has 0 saturated heterocycles. The van der Waals surface area contributed by atoms with E-state index in [4.69, 9.17) is 0 Å².